The van der Waals surface area contributed by atoms with Crippen LogP contribution in [0.2, 0.25) is 0 Å². The second kappa shape index (κ2) is 12.2. The molecular formula is C24H46O2. The third kappa shape index (κ3) is 6.68. The lowest BCUT2D eigenvalue weighted by molar-refractivity contribution is 0.105. The Balaban J connectivity index is 0.00000169. The zero-order valence-corrected chi connectivity index (χ0v) is 17.5. The van der Waals surface area contributed by atoms with Gasteiger partial charge in [0.25, 0.3) is 0 Å². The minimum absolute atomic E-state index is 0. The molecule has 3 aliphatic carbocycles. The highest BCUT2D eigenvalue weighted by atomic mass is 16.0. The van der Waals surface area contributed by atoms with Crippen LogP contribution in [0.1, 0.15) is 104 Å². The van der Waals surface area contributed by atoms with Gasteiger partial charge < -0.3 is 11.0 Å². The molecule has 2 nitrogen and oxygen atoms in total. The molecule has 4 N–H and O–H groups in total. The van der Waals surface area contributed by atoms with E-state index in [1.54, 1.807) is 51.4 Å². The van der Waals surface area contributed by atoms with Crippen molar-refractivity contribution in [1.29, 1.82) is 0 Å². The van der Waals surface area contributed by atoms with Crippen molar-refractivity contribution in [2.45, 2.75) is 104 Å². The van der Waals surface area contributed by atoms with E-state index in [0.717, 1.165) is 35.5 Å². The molecule has 0 amide bonds. The highest BCUT2D eigenvalue weighted by Gasteiger charge is 2.34. The molecule has 0 aromatic heterocycles. The van der Waals surface area contributed by atoms with Gasteiger partial charge in [0.2, 0.25) is 0 Å². The summed E-state index contributed by atoms with van der Waals surface area (Å²) in [7, 11) is 0. The van der Waals surface area contributed by atoms with Gasteiger partial charge in [-0.05, 0) is 107 Å². The lowest BCUT2D eigenvalue weighted by Gasteiger charge is -2.41. The molecule has 154 valence electrons. The maximum Gasteiger partial charge on any atom is -0.0348 e. The summed E-state index contributed by atoms with van der Waals surface area (Å²) in [4.78, 5) is 0. The Morgan fingerprint density at radius 2 is 1.00 bits per heavy atom. The fourth-order valence-electron chi connectivity index (χ4n) is 6.29. The van der Waals surface area contributed by atoms with Gasteiger partial charge in [0, 0.05) is 0 Å². The van der Waals surface area contributed by atoms with Crippen LogP contribution in [0.15, 0.2) is 12.2 Å². The van der Waals surface area contributed by atoms with E-state index in [4.69, 9.17) is 0 Å². The maximum atomic E-state index is 2.46. The number of rotatable bonds is 5. The average Bonchev–Trinajstić information content (AvgIpc) is 2.63. The summed E-state index contributed by atoms with van der Waals surface area (Å²) >= 11 is 0. The SMILES string of the molecule is C/C=C/CCC1CCC(C2CCC(C3CCC(C)CC3)CC2)CC1.O.O. The van der Waals surface area contributed by atoms with Crippen molar-refractivity contribution in [2.75, 3.05) is 0 Å². The lowest BCUT2D eigenvalue weighted by Crippen LogP contribution is -2.29. The van der Waals surface area contributed by atoms with Crippen molar-refractivity contribution < 1.29 is 11.0 Å². The second-order valence-corrected chi connectivity index (χ2v) is 9.62. The fraction of sp³-hybridized carbons (Fsp3) is 0.917. The summed E-state index contributed by atoms with van der Waals surface area (Å²) in [6.07, 6.45) is 25.9. The predicted molar refractivity (Wildman–Crippen MR) is 113 cm³/mol. The second-order valence-electron chi connectivity index (χ2n) is 9.62. The van der Waals surface area contributed by atoms with Gasteiger partial charge in [-0.15, -0.1) is 0 Å². The van der Waals surface area contributed by atoms with Gasteiger partial charge in [-0.3, -0.25) is 0 Å². The first-order chi connectivity index (χ1) is 11.8. The van der Waals surface area contributed by atoms with E-state index in [0.29, 0.717) is 0 Å². The van der Waals surface area contributed by atoms with E-state index in [-0.39, 0.29) is 11.0 Å². The van der Waals surface area contributed by atoms with Crippen LogP contribution in [0.5, 0.6) is 0 Å². The predicted octanol–water partition coefficient (Wildman–Crippen LogP) is 6.13. The number of allylic oxidation sites excluding steroid dienone is 2. The molecule has 3 aliphatic rings. The van der Waals surface area contributed by atoms with Gasteiger partial charge >= 0.3 is 0 Å². The molecule has 26 heavy (non-hydrogen) atoms. The highest BCUT2D eigenvalue weighted by molar-refractivity contribution is 4.86. The van der Waals surface area contributed by atoms with Gasteiger partial charge in [-0.2, -0.15) is 0 Å². The Morgan fingerprint density at radius 1 is 0.615 bits per heavy atom. The smallest absolute Gasteiger partial charge is 0.0348 e. The van der Waals surface area contributed by atoms with Gasteiger partial charge in [0.1, 0.15) is 0 Å². The van der Waals surface area contributed by atoms with E-state index >= 15 is 0 Å². The van der Waals surface area contributed by atoms with Crippen molar-refractivity contribution in [1.82, 2.24) is 0 Å². The molecule has 0 atom stereocenters. The monoisotopic (exact) mass is 366 g/mol. The Kier molecular flexibility index (Phi) is 11.1. The van der Waals surface area contributed by atoms with Crippen LogP contribution in [0, 0.1) is 35.5 Å². The van der Waals surface area contributed by atoms with Crippen LogP contribution in [0.25, 0.3) is 0 Å². The summed E-state index contributed by atoms with van der Waals surface area (Å²) in [6.45, 7) is 4.61. The number of hydrogen-bond acceptors (Lipinski definition) is 0. The Labute approximate surface area is 162 Å². The highest BCUT2D eigenvalue weighted by Crippen LogP contribution is 2.46. The van der Waals surface area contributed by atoms with Gasteiger partial charge in [0.15, 0.2) is 0 Å². The molecular weight excluding hydrogens is 320 g/mol. The van der Waals surface area contributed by atoms with Crippen LogP contribution in [-0.4, -0.2) is 11.0 Å². The van der Waals surface area contributed by atoms with Crippen molar-refractivity contribution >= 4 is 0 Å². The summed E-state index contributed by atoms with van der Waals surface area (Å²) in [6, 6.07) is 0. The van der Waals surface area contributed by atoms with E-state index in [2.05, 4.69) is 26.0 Å². The van der Waals surface area contributed by atoms with Crippen molar-refractivity contribution in [3.63, 3.8) is 0 Å². The summed E-state index contributed by atoms with van der Waals surface area (Å²) < 4.78 is 0. The standard InChI is InChI=1S/C24H42.2H2O/c1-3-4-5-6-20-9-13-22(14-10-20)24-17-15-23(16-18-24)21-11-7-19(2)8-12-21;;/h3-4,19-24H,5-18H2,1-2H3;2*1H2/b4-3+;;. The molecule has 0 saturated heterocycles. The normalized spacial score (nSPS) is 38.4. The number of hydrogen-bond donors (Lipinski definition) is 0. The zero-order valence-electron chi connectivity index (χ0n) is 17.5. The molecule has 0 aliphatic heterocycles. The average molecular weight is 367 g/mol. The third-order valence-electron chi connectivity index (χ3n) is 8.08. The van der Waals surface area contributed by atoms with Crippen LogP contribution in [0.4, 0.5) is 0 Å². The molecule has 0 unspecified atom stereocenters. The van der Waals surface area contributed by atoms with Crippen molar-refractivity contribution in [3.05, 3.63) is 12.2 Å². The van der Waals surface area contributed by atoms with E-state index in [9.17, 15) is 0 Å². The lowest BCUT2D eigenvalue weighted by atomic mass is 9.65. The maximum absolute atomic E-state index is 2.46. The van der Waals surface area contributed by atoms with Crippen LogP contribution in [-0.2, 0) is 0 Å². The van der Waals surface area contributed by atoms with Crippen molar-refractivity contribution in [2.24, 2.45) is 35.5 Å². The van der Waals surface area contributed by atoms with E-state index < -0.39 is 0 Å². The van der Waals surface area contributed by atoms with Gasteiger partial charge in [-0.1, -0.05) is 44.8 Å². The molecule has 3 fully saturated rings. The minimum Gasteiger partial charge on any atom is -0.412 e. The fourth-order valence-corrected chi connectivity index (χ4v) is 6.29. The Bertz CT molecular complexity index is 368. The van der Waals surface area contributed by atoms with Crippen molar-refractivity contribution in [3.8, 4) is 0 Å². The molecule has 3 saturated carbocycles. The van der Waals surface area contributed by atoms with Crippen LogP contribution >= 0.6 is 0 Å². The molecule has 0 bridgehead atoms. The summed E-state index contributed by atoms with van der Waals surface area (Å²) in [5, 5.41) is 0. The van der Waals surface area contributed by atoms with Crippen LogP contribution < -0.4 is 0 Å². The molecule has 2 heteroatoms. The largest absolute Gasteiger partial charge is 0.412 e. The topological polar surface area (TPSA) is 63.0 Å². The Morgan fingerprint density at radius 3 is 1.42 bits per heavy atom. The van der Waals surface area contributed by atoms with Crippen LogP contribution in [0.3, 0.4) is 0 Å². The molecule has 0 heterocycles. The quantitative estimate of drug-likeness (QED) is 0.525. The molecule has 0 aromatic carbocycles. The van der Waals surface area contributed by atoms with Gasteiger partial charge in [0.05, 0.1) is 0 Å². The first kappa shape index (κ1) is 23.7. The Hall–Kier alpha value is -0.340. The van der Waals surface area contributed by atoms with E-state index in [1.165, 1.54) is 38.5 Å². The van der Waals surface area contributed by atoms with Gasteiger partial charge in [-0.25, -0.2) is 0 Å². The summed E-state index contributed by atoms with van der Waals surface area (Å²) in [5.74, 6) is 6.45. The molecule has 0 radical (unpaired) electrons. The molecule has 0 aromatic rings. The third-order valence-corrected chi connectivity index (χ3v) is 8.08. The molecule has 0 spiro atoms. The summed E-state index contributed by atoms with van der Waals surface area (Å²) in [5.41, 5.74) is 0. The first-order valence-corrected chi connectivity index (χ1v) is 11.4. The first-order valence-electron chi connectivity index (χ1n) is 11.4. The minimum atomic E-state index is 0. The molecule has 3 rings (SSSR count). The zero-order chi connectivity index (χ0) is 16.8. The van der Waals surface area contributed by atoms with E-state index in [1.807, 2.05) is 0 Å².